The number of phosphoric acid groups is 1. The highest BCUT2D eigenvalue weighted by atomic mass is 31.2. The number of quaternary nitrogens is 1. The van der Waals surface area contributed by atoms with Crippen LogP contribution >= 0.6 is 7.82 Å². The van der Waals surface area contributed by atoms with E-state index in [1.54, 1.807) is 6.92 Å². The smallest absolute Gasteiger partial charge is 0.352 e. The second-order valence-electron chi connectivity index (χ2n) is 6.25. The lowest BCUT2D eigenvalue weighted by atomic mass is 10.3. The van der Waals surface area contributed by atoms with Crippen LogP contribution in [0.5, 0.6) is 0 Å². The van der Waals surface area contributed by atoms with Gasteiger partial charge in [0.1, 0.15) is 0 Å². The summed E-state index contributed by atoms with van der Waals surface area (Å²) >= 11 is 0. The summed E-state index contributed by atoms with van der Waals surface area (Å²) < 4.78 is 22.1. The molecule has 0 aliphatic rings. The van der Waals surface area contributed by atoms with E-state index in [9.17, 15) is 14.3 Å². The van der Waals surface area contributed by atoms with Crippen LogP contribution in [0.15, 0.2) is 12.2 Å². The van der Waals surface area contributed by atoms with Crippen molar-refractivity contribution in [1.82, 2.24) is 5.32 Å². The van der Waals surface area contributed by atoms with Gasteiger partial charge in [-0.1, -0.05) is 6.58 Å². The maximum absolute atomic E-state index is 11.6. The number of nitrogens with zero attached hydrogens (tertiary/aromatic N) is 1. The molecule has 7 nitrogen and oxygen atoms in total. The molecule has 2 N–H and O–H groups in total. The van der Waals surface area contributed by atoms with Gasteiger partial charge in [-0.05, 0) is 19.8 Å². The molecule has 0 rings (SSSR count). The molecule has 0 saturated heterocycles. The molecule has 0 spiro atoms. The minimum Gasteiger partial charge on any atom is -0.352 e. The molecule has 130 valence electrons. The van der Waals surface area contributed by atoms with Crippen molar-refractivity contribution in [2.24, 2.45) is 0 Å². The second-order valence-corrected chi connectivity index (χ2v) is 7.70. The second kappa shape index (κ2) is 10.1. The monoisotopic (exact) mass is 337 g/mol. The Morgan fingerprint density at radius 1 is 1.18 bits per heavy atom. The first-order chi connectivity index (χ1) is 10.0. The molecule has 0 aromatic carbocycles. The molecule has 0 aromatic heterocycles. The molecule has 1 atom stereocenters. The van der Waals surface area contributed by atoms with E-state index in [0.29, 0.717) is 31.4 Å². The normalized spacial score (nSPS) is 14.4. The van der Waals surface area contributed by atoms with Crippen molar-refractivity contribution in [3.8, 4) is 0 Å². The third-order valence-electron chi connectivity index (χ3n) is 2.73. The summed E-state index contributed by atoms with van der Waals surface area (Å²) in [6, 6.07) is 0. The van der Waals surface area contributed by atoms with Crippen molar-refractivity contribution < 1.29 is 27.8 Å². The van der Waals surface area contributed by atoms with Crippen LogP contribution in [0, 0.1) is 0 Å². The topological polar surface area (TPSA) is 84.9 Å². The van der Waals surface area contributed by atoms with E-state index in [1.165, 1.54) is 0 Å². The van der Waals surface area contributed by atoms with Crippen LogP contribution in [0.1, 0.15) is 26.2 Å². The number of phosphoric ester groups is 1. The number of hydrogen-bond donors (Lipinski definition) is 2. The first-order valence-corrected chi connectivity index (χ1v) is 8.89. The molecule has 0 aromatic rings. The Balaban J connectivity index is 3.66. The van der Waals surface area contributed by atoms with Crippen LogP contribution in [0.3, 0.4) is 0 Å². The average Bonchev–Trinajstić information content (AvgIpc) is 2.37. The highest BCUT2D eigenvalue weighted by Gasteiger charge is 2.20. The molecule has 0 bridgehead atoms. The molecule has 0 saturated carbocycles. The van der Waals surface area contributed by atoms with E-state index in [1.807, 2.05) is 21.1 Å². The number of hydrogen-bond acceptors (Lipinski definition) is 4. The van der Waals surface area contributed by atoms with Crippen molar-refractivity contribution in [2.75, 3.05) is 47.4 Å². The third kappa shape index (κ3) is 13.0. The van der Waals surface area contributed by atoms with Crippen LogP contribution in [0.25, 0.3) is 0 Å². The summed E-state index contributed by atoms with van der Waals surface area (Å²) in [5.41, 5.74) is 0.457. The lowest BCUT2D eigenvalue weighted by Crippen LogP contribution is -2.35. The predicted octanol–water partition coefficient (Wildman–Crippen LogP) is 1.69. The highest BCUT2D eigenvalue weighted by Crippen LogP contribution is 2.43. The van der Waals surface area contributed by atoms with Crippen molar-refractivity contribution in [3.63, 3.8) is 0 Å². The molecule has 1 amide bonds. The molecule has 22 heavy (non-hydrogen) atoms. The average molecular weight is 337 g/mol. The Hall–Kier alpha value is -0.720. The number of carbonyl (C=O) groups excluding carboxylic acids is 1. The number of rotatable bonds is 12. The quantitative estimate of drug-likeness (QED) is 0.245. The van der Waals surface area contributed by atoms with Crippen LogP contribution in [0.2, 0.25) is 0 Å². The minimum atomic E-state index is -3.97. The van der Waals surface area contributed by atoms with Crippen molar-refractivity contribution >= 4 is 13.7 Å². The Labute approximate surface area is 133 Å². The fourth-order valence-electron chi connectivity index (χ4n) is 1.52. The van der Waals surface area contributed by atoms with E-state index in [0.717, 1.165) is 11.0 Å². The lowest BCUT2D eigenvalue weighted by molar-refractivity contribution is -0.870. The van der Waals surface area contributed by atoms with E-state index >= 15 is 0 Å². The Bertz CT molecular complexity index is 407. The molecule has 0 fully saturated rings. The zero-order valence-corrected chi connectivity index (χ0v) is 15.0. The predicted molar refractivity (Wildman–Crippen MR) is 86.3 cm³/mol. The van der Waals surface area contributed by atoms with Gasteiger partial charge in [-0.2, -0.15) is 0 Å². The Morgan fingerprint density at radius 2 is 1.73 bits per heavy atom. The van der Waals surface area contributed by atoms with Gasteiger partial charge in [0, 0.05) is 18.5 Å². The van der Waals surface area contributed by atoms with E-state index in [4.69, 9.17) is 9.05 Å². The summed E-state index contributed by atoms with van der Waals surface area (Å²) in [5, 5.41) is 2.68. The zero-order valence-electron chi connectivity index (χ0n) is 14.1. The Morgan fingerprint density at radius 3 is 2.23 bits per heavy atom. The molecular weight excluding hydrogens is 307 g/mol. The highest BCUT2D eigenvalue weighted by molar-refractivity contribution is 7.47. The van der Waals surface area contributed by atoms with Gasteiger partial charge in [0.2, 0.25) is 5.91 Å². The van der Waals surface area contributed by atoms with E-state index in [2.05, 4.69) is 11.9 Å². The van der Waals surface area contributed by atoms with Crippen molar-refractivity contribution in [1.29, 1.82) is 0 Å². The molecule has 0 aliphatic heterocycles. The number of amides is 1. The van der Waals surface area contributed by atoms with Gasteiger partial charge < -0.3 is 14.7 Å². The SMILES string of the molecule is C=C(C)C(=O)NCCCCOP(=O)(O)OCCC[N+](C)(C)C. The number of carbonyl (C=O) groups is 1. The van der Waals surface area contributed by atoms with Crippen molar-refractivity contribution in [2.45, 2.75) is 26.2 Å². The minimum absolute atomic E-state index is 0.117. The van der Waals surface area contributed by atoms with Crippen LogP contribution in [-0.2, 0) is 18.4 Å². The van der Waals surface area contributed by atoms with Gasteiger partial charge in [0.15, 0.2) is 0 Å². The van der Waals surface area contributed by atoms with Gasteiger partial charge in [-0.25, -0.2) is 4.57 Å². The maximum atomic E-state index is 11.6. The van der Waals surface area contributed by atoms with E-state index < -0.39 is 7.82 Å². The molecule has 0 aliphatic carbocycles. The lowest BCUT2D eigenvalue weighted by Gasteiger charge is -2.23. The molecular formula is C14H30N2O5P+. The van der Waals surface area contributed by atoms with Crippen LogP contribution in [0.4, 0.5) is 0 Å². The summed E-state index contributed by atoms with van der Waals surface area (Å²) in [4.78, 5) is 20.7. The summed E-state index contributed by atoms with van der Waals surface area (Å²) in [6.45, 7) is 6.80. The summed E-state index contributed by atoms with van der Waals surface area (Å²) in [6.07, 6.45) is 1.90. The van der Waals surface area contributed by atoms with Gasteiger partial charge >= 0.3 is 7.82 Å². The maximum Gasteiger partial charge on any atom is 0.472 e. The third-order valence-corrected chi connectivity index (χ3v) is 3.74. The fraction of sp³-hybridized carbons (Fsp3) is 0.786. The summed E-state index contributed by atoms with van der Waals surface area (Å²) in [5.74, 6) is -0.186. The molecule has 8 heteroatoms. The first-order valence-electron chi connectivity index (χ1n) is 7.39. The summed E-state index contributed by atoms with van der Waals surface area (Å²) in [7, 11) is 2.16. The van der Waals surface area contributed by atoms with Crippen molar-refractivity contribution in [3.05, 3.63) is 12.2 Å². The zero-order chi connectivity index (χ0) is 17.2. The van der Waals surface area contributed by atoms with E-state index in [-0.39, 0.29) is 19.1 Å². The van der Waals surface area contributed by atoms with Crippen LogP contribution < -0.4 is 5.32 Å². The fourth-order valence-corrected chi connectivity index (χ4v) is 2.31. The van der Waals surface area contributed by atoms with Gasteiger partial charge in [-0.3, -0.25) is 13.8 Å². The molecule has 1 unspecified atom stereocenters. The molecule has 0 radical (unpaired) electrons. The molecule has 0 heterocycles. The number of unbranched alkanes of at least 4 members (excludes halogenated alkanes) is 1. The van der Waals surface area contributed by atoms with Crippen LogP contribution in [-0.4, -0.2) is 62.7 Å². The van der Waals surface area contributed by atoms with Gasteiger partial charge in [-0.15, -0.1) is 0 Å². The standard InChI is InChI=1S/C14H29N2O5P/c1-13(2)14(17)15-9-6-7-11-20-22(18,19)21-12-8-10-16(3,4)5/h1,6-12H2,2-5H3,(H-,15,17,18,19)/p+1. The van der Waals surface area contributed by atoms with Gasteiger partial charge in [0.05, 0.1) is 40.9 Å². The number of nitrogens with one attached hydrogen (secondary N) is 1. The Kier molecular flexibility index (Phi) is 9.80. The first kappa shape index (κ1) is 21.3. The van der Waals surface area contributed by atoms with Gasteiger partial charge in [0.25, 0.3) is 0 Å². The largest absolute Gasteiger partial charge is 0.472 e.